The summed E-state index contributed by atoms with van der Waals surface area (Å²) in [5.74, 6) is -0.872. The fraction of sp³-hybridized carbons (Fsp3) is 0.222. The second-order valence-electron chi connectivity index (χ2n) is 5.43. The zero-order chi connectivity index (χ0) is 18.2. The van der Waals surface area contributed by atoms with E-state index in [4.69, 9.17) is 4.74 Å². The molecule has 130 valence electrons. The number of amides is 1. The monoisotopic (exact) mass is 342 g/mol. The van der Waals surface area contributed by atoms with Crippen molar-refractivity contribution in [1.29, 1.82) is 0 Å². The van der Waals surface area contributed by atoms with Crippen LogP contribution in [0.5, 0.6) is 0 Å². The van der Waals surface area contributed by atoms with E-state index in [2.05, 4.69) is 5.32 Å². The molecule has 1 amide bonds. The zero-order valence-corrected chi connectivity index (χ0v) is 13.7. The molecular formula is C18H18N2O5. The summed E-state index contributed by atoms with van der Waals surface area (Å²) in [5, 5.41) is 13.3. The number of non-ortho nitro benzene ring substituents is 1. The lowest BCUT2D eigenvalue weighted by Crippen LogP contribution is -2.43. The molecule has 7 heteroatoms. The second kappa shape index (κ2) is 8.58. The molecule has 7 nitrogen and oxygen atoms in total. The minimum Gasteiger partial charge on any atom is -0.467 e. The van der Waals surface area contributed by atoms with Gasteiger partial charge < -0.3 is 10.1 Å². The number of rotatable bonds is 7. The van der Waals surface area contributed by atoms with E-state index in [-0.39, 0.29) is 24.4 Å². The van der Waals surface area contributed by atoms with Crippen LogP contribution in [0.1, 0.15) is 11.1 Å². The highest BCUT2D eigenvalue weighted by atomic mass is 16.6. The number of nitrogens with zero attached hydrogens (tertiary/aromatic N) is 1. The molecule has 0 spiro atoms. The highest BCUT2D eigenvalue weighted by Crippen LogP contribution is 2.13. The van der Waals surface area contributed by atoms with Gasteiger partial charge in [-0.3, -0.25) is 14.9 Å². The molecule has 0 saturated carbocycles. The molecule has 2 aromatic rings. The Balaban J connectivity index is 2.04. The van der Waals surface area contributed by atoms with E-state index in [1.165, 1.54) is 19.2 Å². The fourth-order valence-electron chi connectivity index (χ4n) is 2.35. The largest absolute Gasteiger partial charge is 0.467 e. The number of hydrogen-bond donors (Lipinski definition) is 1. The first-order valence-electron chi connectivity index (χ1n) is 7.64. The first kappa shape index (κ1) is 18.1. The van der Waals surface area contributed by atoms with Gasteiger partial charge in [0.25, 0.3) is 5.69 Å². The van der Waals surface area contributed by atoms with E-state index in [1.54, 1.807) is 12.1 Å². The molecule has 1 N–H and O–H groups in total. The van der Waals surface area contributed by atoms with Gasteiger partial charge in [-0.2, -0.15) is 0 Å². The Morgan fingerprint density at radius 2 is 1.72 bits per heavy atom. The number of hydrogen-bond acceptors (Lipinski definition) is 5. The smallest absolute Gasteiger partial charge is 0.328 e. The predicted molar refractivity (Wildman–Crippen MR) is 90.9 cm³/mol. The van der Waals surface area contributed by atoms with Crippen LogP contribution in [-0.4, -0.2) is 30.0 Å². The molecular weight excluding hydrogens is 324 g/mol. The van der Waals surface area contributed by atoms with Crippen LogP contribution in [0.25, 0.3) is 0 Å². The van der Waals surface area contributed by atoms with E-state index < -0.39 is 16.9 Å². The summed E-state index contributed by atoms with van der Waals surface area (Å²) in [6.07, 6.45) is 0.333. The fourth-order valence-corrected chi connectivity index (χ4v) is 2.35. The summed E-state index contributed by atoms with van der Waals surface area (Å²) in [7, 11) is 1.24. The third-order valence-electron chi connectivity index (χ3n) is 3.62. The van der Waals surface area contributed by atoms with Crippen LogP contribution < -0.4 is 5.32 Å². The predicted octanol–water partition coefficient (Wildman–Crippen LogP) is 2.04. The topological polar surface area (TPSA) is 98.5 Å². The number of nitrogens with one attached hydrogen (secondary N) is 1. The third-order valence-corrected chi connectivity index (χ3v) is 3.62. The third kappa shape index (κ3) is 5.42. The van der Waals surface area contributed by atoms with Crippen molar-refractivity contribution in [3.05, 3.63) is 75.8 Å². The number of benzene rings is 2. The molecule has 2 aromatic carbocycles. The lowest BCUT2D eigenvalue weighted by atomic mass is 10.0. The minimum absolute atomic E-state index is 0.0357. The van der Waals surface area contributed by atoms with Gasteiger partial charge in [-0.1, -0.05) is 42.5 Å². The second-order valence-corrected chi connectivity index (χ2v) is 5.43. The summed E-state index contributed by atoms with van der Waals surface area (Å²) in [6, 6.07) is 14.1. The standard InChI is InChI=1S/C18H18N2O5/c1-25-18(22)16(11-14-7-9-15(10-8-14)20(23)24)19-17(21)12-13-5-3-2-4-6-13/h2-10,16H,11-12H2,1H3,(H,19,21)/t16-/m1/s1. The summed E-state index contributed by atoms with van der Waals surface area (Å²) >= 11 is 0. The van der Waals surface area contributed by atoms with Crippen molar-refractivity contribution in [2.24, 2.45) is 0 Å². The number of carbonyl (C=O) groups is 2. The number of carbonyl (C=O) groups excluding carboxylic acids is 2. The van der Waals surface area contributed by atoms with Gasteiger partial charge in [0.05, 0.1) is 18.5 Å². The molecule has 25 heavy (non-hydrogen) atoms. The molecule has 0 aliphatic rings. The maximum Gasteiger partial charge on any atom is 0.328 e. The molecule has 0 bridgehead atoms. The number of nitro groups is 1. The van der Waals surface area contributed by atoms with Crippen LogP contribution in [-0.2, 0) is 27.2 Å². The Morgan fingerprint density at radius 1 is 1.08 bits per heavy atom. The number of esters is 1. The summed E-state index contributed by atoms with van der Waals surface area (Å²) in [4.78, 5) is 34.3. The SMILES string of the molecule is COC(=O)[C@@H](Cc1ccc([N+](=O)[O-])cc1)NC(=O)Cc1ccccc1. The molecule has 0 unspecified atom stereocenters. The van der Waals surface area contributed by atoms with E-state index in [0.29, 0.717) is 5.56 Å². The lowest BCUT2D eigenvalue weighted by Gasteiger charge is -2.16. The van der Waals surface area contributed by atoms with Crippen molar-refractivity contribution in [3.63, 3.8) is 0 Å². The van der Waals surface area contributed by atoms with Crippen molar-refractivity contribution >= 4 is 17.6 Å². The highest BCUT2D eigenvalue weighted by molar-refractivity contribution is 5.85. The normalized spacial score (nSPS) is 11.4. The Morgan fingerprint density at radius 3 is 2.28 bits per heavy atom. The van der Waals surface area contributed by atoms with Crippen LogP contribution in [0.2, 0.25) is 0 Å². The van der Waals surface area contributed by atoms with E-state index in [9.17, 15) is 19.7 Å². The average molecular weight is 342 g/mol. The van der Waals surface area contributed by atoms with Crippen LogP contribution in [0.4, 0.5) is 5.69 Å². The van der Waals surface area contributed by atoms with Crippen LogP contribution >= 0.6 is 0 Å². The highest BCUT2D eigenvalue weighted by Gasteiger charge is 2.22. The van der Waals surface area contributed by atoms with Gasteiger partial charge in [0, 0.05) is 18.6 Å². The Bertz CT molecular complexity index is 744. The van der Waals surface area contributed by atoms with Gasteiger partial charge in [0.1, 0.15) is 6.04 Å². The van der Waals surface area contributed by atoms with E-state index in [0.717, 1.165) is 5.56 Å². The molecule has 0 fully saturated rings. The summed E-state index contributed by atoms with van der Waals surface area (Å²) < 4.78 is 4.74. The quantitative estimate of drug-likeness (QED) is 0.472. The first-order valence-corrected chi connectivity index (χ1v) is 7.64. The Labute approximate surface area is 144 Å². The molecule has 0 radical (unpaired) electrons. The van der Waals surface area contributed by atoms with Gasteiger partial charge in [-0.15, -0.1) is 0 Å². The van der Waals surface area contributed by atoms with Crippen LogP contribution in [0, 0.1) is 10.1 Å². The van der Waals surface area contributed by atoms with Crippen molar-refractivity contribution < 1.29 is 19.2 Å². The van der Waals surface area contributed by atoms with E-state index in [1.807, 2.05) is 30.3 Å². The lowest BCUT2D eigenvalue weighted by molar-refractivity contribution is -0.384. The first-order chi connectivity index (χ1) is 12.0. The number of methoxy groups -OCH3 is 1. The Kier molecular flexibility index (Phi) is 6.22. The van der Waals surface area contributed by atoms with E-state index >= 15 is 0 Å². The summed E-state index contributed by atoms with van der Waals surface area (Å²) in [5.41, 5.74) is 1.48. The maximum absolute atomic E-state index is 12.2. The molecule has 0 saturated heterocycles. The average Bonchev–Trinajstić information content (AvgIpc) is 2.61. The number of ether oxygens (including phenoxy) is 1. The molecule has 2 rings (SSSR count). The van der Waals surface area contributed by atoms with Crippen molar-refractivity contribution in [1.82, 2.24) is 5.32 Å². The Hall–Kier alpha value is -3.22. The molecule has 0 heterocycles. The molecule has 0 aromatic heterocycles. The summed E-state index contributed by atoms with van der Waals surface area (Å²) in [6.45, 7) is 0. The molecule has 1 atom stereocenters. The zero-order valence-electron chi connectivity index (χ0n) is 13.7. The van der Waals surface area contributed by atoms with Gasteiger partial charge >= 0.3 is 5.97 Å². The van der Waals surface area contributed by atoms with Crippen LogP contribution in [0.15, 0.2) is 54.6 Å². The minimum atomic E-state index is -0.859. The van der Waals surface area contributed by atoms with Crippen LogP contribution in [0.3, 0.4) is 0 Å². The van der Waals surface area contributed by atoms with Gasteiger partial charge in [0.15, 0.2) is 0 Å². The van der Waals surface area contributed by atoms with Crippen molar-refractivity contribution in [3.8, 4) is 0 Å². The van der Waals surface area contributed by atoms with Gasteiger partial charge in [0.2, 0.25) is 5.91 Å². The molecule has 0 aliphatic heterocycles. The van der Waals surface area contributed by atoms with Crippen molar-refractivity contribution in [2.75, 3.05) is 7.11 Å². The van der Waals surface area contributed by atoms with Gasteiger partial charge in [-0.05, 0) is 11.1 Å². The number of nitro benzene ring substituents is 1. The van der Waals surface area contributed by atoms with Gasteiger partial charge in [-0.25, -0.2) is 4.79 Å². The van der Waals surface area contributed by atoms with Crippen molar-refractivity contribution in [2.45, 2.75) is 18.9 Å². The maximum atomic E-state index is 12.2. The molecule has 0 aliphatic carbocycles.